The standard InChI is InChI=1S/C33H42N4O4/c1-20(2)25-18-33(25,34-29(39)21-10-14-24(15-11-21)35(6)7)31(41)36-17-16-26-28(36)27(38)19-37(26)30(40)22-8-12-23(13-9-22)32(3,4)5/h8-15,20,25-26,28H,16-19H2,1-7H3,(H,34,39)/t25?,26-,28+,33?/m1/s1. The average Bonchev–Trinajstić information content (AvgIpc) is 3.34. The first-order chi connectivity index (χ1) is 19.2. The third kappa shape index (κ3) is 5.13. The first-order valence-corrected chi connectivity index (χ1v) is 14.6. The predicted octanol–water partition coefficient (Wildman–Crippen LogP) is 3.89. The zero-order valence-electron chi connectivity index (χ0n) is 25.2. The van der Waals surface area contributed by atoms with Crippen molar-refractivity contribution >= 4 is 29.2 Å². The molecule has 2 aromatic carbocycles. The van der Waals surface area contributed by atoms with E-state index in [4.69, 9.17) is 0 Å². The molecule has 2 saturated heterocycles. The number of rotatable bonds is 6. The smallest absolute Gasteiger partial charge is 0.254 e. The highest BCUT2D eigenvalue weighted by atomic mass is 16.2. The quantitative estimate of drug-likeness (QED) is 0.581. The highest BCUT2D eigenvalue weighted by Crippen LogP contribution is 2.51. The van der Waals surface area contributed by atoms with Crippen molar-refractivity contribution in [2.45, 2.75) is 70.5 Å². The molecule has 2 aromatic rings. The van der Waals surface area contributed by atoms with Crippen molar-refractivity contribution in [2.24, 2.45) is 11.8 Å². The van der Waals surface area contributed by atoms with Gasteiger partial charge in [-0.3, -0.25) is 19.2 Å². The van der Waals surface area contributed by atoms with Gasteiger partial charge in [-0.05, 0) is 72.1 Å². The highest BCUT2D eigenvalue weighted by Gasteiger charge is 2.65. The maximum absolute atomic E-state index is 14.2. The topological polar surface area (TPSA) is 90.0 Å². The summed E-state index contributed by atoms with van der Waals surface area (Å²) in [6.45, 7) is 10.8. The van der Waals surface area contributed by atoms with Crippen molar-refractivity contribution in [3.8, 4) is 0 Å². The van der Waals surface area contributed by atoms with Crippen molar-refractivity contribution in [2.75, 3.05) is 32.1 Å². The number of amides is 3. The summed E-state index contributed by atoms with van der Waals surface area (Å²) < 4.78 is 0. The Hall–Kier alpha value is -3.68. The van der Waals surface area contributed by atoms with Crippen LogP contribution in [0.2, 0.25) is 0 Å². The van der Waals surface area contributed by atoms with Crippen LogP contribution in [0.3, 0.4) is 0 Å². The molecule has 4 atom stereocenters. The molecule has 3 amide bonds. The molecular weight excluding hydrogens is 516 g/mol. The molecule has 41 heavy (non-hydrogen) atoms. The van der Waals surface area contributed by atoms with E-state index in [1.165, 1.54) is 0 Å². The molecule has 0 spiro atoms. The number of carbonyl (C=O) groups excluding carboxylic acids is 4. The minimum atomic E-state index is -1.04. The van der Waals surface area contributed by atoms with Crippen LogP contribution in [0.5, 0.6) is 0 Å². The highest BCUT2D eigenvalue weighted by molar-refractivity contribution is 6.05. The Kier molecular flexibility index (Phi) is 7.24. The predicted molar refractivity (Wildman–Crippen MR) is 159 cm³/mol. The number of nitrogens with one attached hydrogen (secondary N) is 1. The number of hydrogen-bond acceptors (Lipinski definition) is 5. The number of benzene rings is 2. The summed E-state index contributed by atoms with van der Waals surface area (Å²) >= 11 is 0. The van der Waals surface area contributed by atoms with Gasteiger partial charge in [0.25, 0.3) is 11.8 Å². The zero-order valence-corrected chi connectivity index (χ0v) is 25.2. The largest absolute Gasteiger partial charge is 0.378 e. The molecule has 3 fully saturated rings. The molecule has 0 aromatic heterocycles. The number of ketones is 1. The molecular formula is C33H42N4O4. The summed E-state index contributed by atoms with van der Waals surface area (Å²) in [5.41, 5.74) is 2.07. The van der Waals surface area contributed by atoms with Crippen molar-refractivity contribution < 1.29 is 19.2 Å². The normalized spacial score (nSPS) is 25.4. The second kappa shape index (κ2) is 10.3. The summed E-state index contributed by atoms with van der Waals surface area (Å²) in [6, 6.07) is 13.8. The third-order valence-corrected chi connectivity index (χ3v) is 9.13. The number of nitrogens with zero attached hydrogens (tertiary/aromatic N) is 3. The van der Waals surface area contributed by atoms with Crippen LogP contribution in [-0.2, 0) is 15.0 Å². The lowest BCUT2D eigenvalue weighted by Gasteiger charge is -2.30. The van der Waals surface area contributed by atoms with Gasteiger partial charge in [0.05, 0.1) is 12.6 Å². The van der Waals surface area contributed by atoms with Crippen LogP contribution in [0.4, 0.5) is 5.69 Å². The van der Waals surface area contributed by atoms with Crippen LogP contribution in [0.1, 0.15) is 73.7 Å². The van der Waals surface area contributed by atoms with Crippen LogP contribution in [-0.4, -0.2) is 78.1 Å². The second-order valence-corrected chi connectivity index (χ2v) is 13.4. The summed E-state index contributed by atoms with van der Waals surface area (Å²) in [5, 5.41) is 3.08. The van der Waals surface area contributed by atoms with Crippen LogP contribution in [0.25, 0.3) is 0 Å². The number of likely N-dealkylation sites (tertiary alicyclic amines) is 2. The van der Waals surface area contributed by atoms with Gasteiger partial charge < -0.3 is 20.0 Å². The lowest BCUT2D eigenvalue weighted by atomic mass is 9.86. The van der Waals surface area contributed by atoms with E-state index in [0.29, 0.717) is 30.5 Å². The van der Waals surface area contributed by atoms with Gasteiger partial charge in [0.2, 0.25) is 5.91 Å². The molecule has 1 saturated carbocycles. The van der Waals surface area contributed by atoms with Crippen molar-refractivity contribution in [3.05, 3.63) is 65.2 Å². The maximum Gasteiger partial charge on any atom is 0.254 e. The molecule has 3 aliphatic rings. The Morgan fingerprint density at radius 3 is 2.10 bits per heavy atom. The van der Waals surface area contributed by atoms with Gasteiger partial charge in [-0.2, -0.15) is 0 Å². The third-order valence-electron chi connectivity index (χ3n) is 9.13. The zero-order chi connectivity index (χ0) is 29.9. The number of hydrogen-bond donors (Lipinski definition) is 1. The van der Waals surface area contributed by atoms with Crippen molar-refractivity contribution in [3.63, 3.8) is 0 Å². The van der Waals surface area contributed by atoms with E-state index in [2.05, 4.69) is 39.9 Å². The molecule has 0 radical (unpaired) electrons. The summed E-state index contributed by atoms with van der Waals surface area (Å²) in [5.74, 6) is -0.647. The molecule has 5 rings (SSSR count). The van der Waals surface area contributed by atoms with E-state index in [9.17, 15) is 19.2 Å². The second-order valence-electron chi connectivity index (χ2n) is 13.4. The lowest BCUT2D eigenvalue weighted by molar-refractivity contribution is -0.139. The Balaban J connectivity index is 1.34. The Bertz CT molecular complexity index is 1360. The Labute approximate surface area is 243 Å². The van der Waals surface area contributed by atoms with E-state index < -0.39 is 11.6 Å². The van der Waals surface area contributed by atoms with E-state index in [1.807, 2.05) is 55.4 Å². The fraction of sp³-hybridized carbons (Fsp3) is 0.515. The van der Waals surface area contributed by atoms with Crippen LogP contribution in [0.15, 0.2) is 48.5 Å². The lowest BCUT2D eigenvalue weighted by Crippen LogP contribution is -2.55. The number of anilines is 1. The number of carbonyl (C=O) groups is 4. The summed E-state index contributed by atoms with van der Waals surface area (Å²) in [4.78, 5) is 59.6. The van der Waals surface area contributed by atoms with Gasteiger partial charge in [-0.15, -0.1) is 0 Å². The van der Waals surface area contributed by atoms with Gasteiger partial charge in [0, 0.05) is 37.5 Å². The fourth-order valence-corrected chi connectivity index (χ4v) is 6.58. The first kappa shape index (κ1) is 28.8. The maximum atomic E-state index is 14.2. The molecule has 8 nitrogen and oxygen atoms in total. The van der Waals surface area contributed by atoms with Gasteiger partial charge >= 0.3 is 0 Å². The number of Topliss-reactive ketones (excluding diaryl/α,β-unsaturated/α-hetero) is 1. The van der Waals surface area contributed by atoms with E-state index in [1.54, 1.807) is 21.9 Å². The monoisotopic (exact) mass is 558 g/mol. The molecule has 0 bridgehead atoms. The van der Waals surface area contributed by atoms with E-state index in [0.717, 1.165) is 11.3 Å². The SMILES string of the molecule is CC(C)C1CC1(NC(=O)c1ccc(N(C)C)cc1)C(=O)N1CC[C@@H]2[C@H]1C(=O)CN2C(=O)c1ccc(C(C)(C)C)cc1. The van der Waals surface area contributed by atoms with Crippen LogP contribution in [0, 0.1) is 11.8 Å². The molecule has 1 aliphatic carbocycles. The van der Waals surface area contributed by atoms with Gasteiger partial charge in [0.15, 0.2) is 5.78 Å². The minimum absolute atomic E-state index is 0.00976. The molecule has 8 heteroatoms. The van der Waals surface area contributed by atoms with E-state index >= 15 is 0 Å². The van der Waals surface area contributed by atoms with Gasteiger partial charge in [-0.25, -0.2) is 0 Å². The van der Waals surface area contributed by atoms with Crippen molar-refractivity contribution in [1.82, 2.24) is 15.1 Å². The minimum Gasteiger partial charge on any atom is -0.378 e. The molecule has 2 aliphatic heterocycles. The van der Waals surface area contributed by atoms with Gasteiger partial charge in [-0.1, -0.05) is 46.8 Å². The van der Waals surface area contributed by atoms with Crippen molar-refractivity contribution in [1.29, 1.82) is 0 Å². The molecule has 218 valence electrons. The van der Waals surface area contributed by atoms with Crippen LogP contribution < -0.4 is 10.2 Å². The van der Waals surface area contributed by atoms with Gasteiger partial charge in [0.1, 0.15) is 11.6 Å². The number of fused-ring (bicyclic) bond motifs is 1. The fourth-order valence-electron chi connectivity index (χ4n) is 6.58. The average molecular weight is 559 g/mol. The summed E-state index contributed by atoms with van der Waals surface area (Å²) in [7, 11) is 3.87. The Morgan fingerprint density at radius 1 is 0.951 bits per heavy atom. The first-order valence-electron chi connectivity index (χ1n) is 14.6. The van der Waals surface area contributed by atoms with Crippen LogP contribution >= 0.6 is 0 Å². The molecule has 2 unspecified atom stereocenters. The Morgan fingerprint density at radius 2 is 1.56 bits per heavy atom. The molecule has 2 heterocycles. The van der Waals surface area contributed by atoms with E-state index in [-0.39, 0.29) is 53.3 Å². The molecule has 1 N–H and O–H groups in total. The summed E-state index contributed by atoms with van der Waals surface area (Å²) in [6.07, 6.45) is 1.08.